The molecule has 0 saturated carbocycles. The van der Waals surface area contributed by atoms with E-state index in [0.29, 0.717) is 0 Å². The summed E-state index contributed by atoms with van der Waals surface area (Å²) < 4.78 is 36.1. The van der Waals surface area contributed by atoms with Crippen LogP contribution in [0.4, 0.5) is 0 Å². The summed E-state index contributed by atoms with van der Waals surface area (Å²) in [6.07, 6.45) is 0. The van der Waals surface area contributed by atoms with Gasteiger partial charge in [-0.1, -0.05) is 35.9 Å². The first kappa shape index (κ1) is 20.2. The van der Waals surface area contributed by atoms with Crippen LogP contribution in [0, 0.1) is 6.92 Å². The minimum Gasteiger partial charge on any atom is -0.488 e. The third kappa shape index (κ3) is 8.67. The van der Waals surface area contributed by atoms with Crippen molar-refractivity contribution in [1.82, 2.24) is 0 Å². The predicted molar refractivity (Wildman–Crippen MR) is 95.8 cm³/mol. The lowest BCUT2D eigenvalue weighted by molar-refractivity contribution is -0.870. The van der Waals surface area contributed by atoms with E-state index in [1.54, 1.807) is 12.1 Å². The van der Waals surface area contributed by atoms with Gasteiger partial charge in [-0.3, -0.25) is 4.55 Å². The largest absolute Gasteiger partial charge is 0.488 e. The second-order valence-electron chi connectivity index (χ2n) is 6.46. The average Bonchev–Trinajstić information content (AvgIpc) is 2.47. The molecular weight excluding hydrogens is 326 g/mol. The van der Waals surface area contributed by atoms with Crippen LogP contribution in [0.15, 0.2) is 59.5 Å². The fraction of sp³-hybridized carbons (Fsp3) is 0.333. The number of quaternary nitrogens is 1. The molecule has 132 valence electrons. The maximum absolute atomic E-state index is 10.5. The Kier molecular flexibility index (Phi) is 7.41. The first-order chi connectivity index (χ1) is 11.1. The zero-order valence-electron chi connectivity index (χ0n) is 14.6. The fourth-order valence-electron chi connectivity index (χ4n) is 1.66. The van der Waals surface area contributed by atoms with Gasteiger partial charge in [0.05, 0.1) is 26.0 Å². The Bertz CT molecular complexity index is 705. The van der Waals surface area contributed by atoms with E-state index in [2.05, 4.69) is 21.1 Å². The Balaban J connectivity index is 0.000000243. The second kappa shape index (κ2) is 8.82. The van der Waals surface area contributed by atoms with Gasteiger partial charge < -0.3 is 9.22 Å². The molecule has 1 N–H and O–H groups in total. The molecule has 0 aliphatic rings. The van der Waals surface area contributed by atoms with Gasteiger partial charge in [0.2, 0.25) is 0 Å². The van der Waals surface area contributed by atoms with Crippen LogP contribution < -0.4 is 4.74 Å². The summed E-state index contributed by atoms with van der Waals surface area (Å²) >= 11 is 0. The highest BCUT2D eigenvalue weighted by atomic mass is 32.2. The number of nitrogens with zero attached hydrogens (tertiary/aromatic N) is 1. The number of aryl methyl sites for hydroxylation is 1. The molecular formula is C18H26NO4S+. The maximum atomic E-state index is 10.5. The minimum atomic E-state index is -4.02. The van der Waals surface area contributed by atoms with Gasteiger partial charge in [-0.05, 0) is 31.2 Å². The number of ether oxygens (including phenoxy) is 1. The molecule has 2 aromatic carbocycles. The Morgan fingerprint density at radius 1 is 0.958 bits per heavy atom. The monoisotopic (exact) mass is 352 g/mol. The molecule has 24 heavy (non-hydrogen) atoms. The van der Waals surface area contributed by atoms with E-state index in [4.69, 9.17) is 9.29 Å². The van der Waals surface area contributed by atoms with Crippen LogP contribution in [-0.4, -0.2) is 51.7 Å². The SMILES string of the molecule is C[N+](C)(C)CCOc1ccccc1.Cc1ccc(S(=O)(=O)O)cc1. The highest BCUT2D eigenvalue weighted by Crippen LogP contribution is 2.09. The topological polar surface area (TPSA) is 63.6 Å². The molecule has 0 radical (unpaired) electrons. The number of likely N-dealkylation sites (N-methyl/N-ethyl adjacent to an activating group) is 1. The van der Waals surface area contributed by atoms with Gasteiger partial charge in [0.1, 0.15) is 18.9 Å². The van der Waals surface area contributed by atoms with E-state index in [9.17, 15) is 8.42 Å². The molecule has 0 fully saturated rings. The van der Waals surface area contributed by atoms with Crippen LogP contribution in [0.5, 0.6) is 5.75 Å². The Morgan fingerprint density at radius 2 is 1.50 bits per heavy atom. The zero-order valence-corrected chi connectivity index (χ0v) is 15.5. The Labute approximate surface area is 144 Å². The van der Waals surface area contributed by atoms with Gasteiger partial charge in [0.15, 0.2) is 0 Å². The van der Waals surface area contributed by atoms with Crippen LogP contribution >= 0.6 is 0 Å². The Hall–Kier alpha value is -1.89. The number of hydrogen-bond acceptors (Lipinski definition) is 3. The molecule has 0 spiro atoms. The molecule has 0 unspecified atom stereocenters. The van der Waals surface area contributed by atoms with Crippen molar-refractivity contribution in [1.29, 1.82) is 0 Å². The first-order valence-electron chi connectivity index (χ1n) is 7.60. The van der Waals surface area contributed by atoms with Crippen LogP contribution in [0.1, 0.15) is 5.56 Å². The average molecular weight is 352 g/mol. The fourth-order valence-corrected chi connectivity index (χ4v) is 2.14. The van der Waals surface area contributed by atoms with E-state index in [-0.39, 0.29) is 4.90 Å². The molecule has 2 rings (SSSR count). The van der Waals surface area contributed by atoms with Crippen molar-refractivity contribution in [2.45, 2.75) is 11.8 Å². The molecule has 0 aliphatic heterocycles. The molecule has 0 amide bonds. The van der Waals surface area contributed by atoms with Crippen LogP contribution in [0.3, 0.4) is 0 Å². The van der Waals surface area contributed by atoms with Gasteiger partial charge in [0.25, 0.3) is 10.1 Å². The van der Waals surface area contributed by atoms with Crippen LogP contribution in [0.25, 0.3) is 0 Å². The number of rotatable bonds is 5. The normalized spacial score (nSPS) is 11.4. The van der Waals surface area contributed by atoms with E-state index in [0.717, 1.165) is 28.9 Å². The molecule has 0 saturated heterocycles. The van der Waals surface area contributed by atoms with Crippen molar-refractivity contribution in [2.24, 2.45) is 0 Å². The molecule has 0 bridgehead atoms. The van der Waals surface area contributed by atoms with Crippen molar-refractivity contribution >= 4 is 10.1 Å². The summed E-state index contributed by atoms with van der Waals surface area (Å²) in [7, 11) is 2.46. The first-order valence-corrected chi connectivity index (χ1v) is 9.04. The van der Waals surface area contributed by atoms with E-state index >= 15 is 0 Å². The lowest BCUT2D eigenvalue weighted by Gasteiger charge is -2.23. The van der Waals surface area contributed by atoms with Crippen molar-refractivity contribution in [3.8, 4) is 5.75 Å². The van der Waals surface area contributed by atoms with Crippen LogP contribution in [0.2, 0.25) is 0 Å². The standard InChI is InChI=1S/C11H18NO.C7H8O3S/c1-12(2,3)9-10-13-11-7-5-4-6-8-11;1-6-2-4-7(5-3-6)11(8,9)10/h4-8H,9-10H2,1-3H3;2-5H,1H3,(H,8,9,10)/q+1;. The predicted octanol–water partition coefficient (Wildman–Crippen LogP) is 3.01. The van der Waals surface area contributed by atoms with Crippen molar-refractivity contribution < 1.29 is 22.2 Å². The lowest BCUT2D eigenvalue weighted by atomic mass is 10.2. The third-order valence-corrected chi connectivity index (χ3v) is 3.96. The van der Waals surface area contributed by atoms with Crippen molar-refractivity contribution in [3.05, 3.63) is 60.2 Å². The van der Waals surface area contributed by atoms with Gasteiger partial charge in [0, 0.05) is 0 Å². The third-order valence-electron chi connectivity index (χ3n) is 3.09. The van der Waals surface area contributed by atoms with Crippen molar-refractivity contribution in [3.63, 3.8) is 0 Å². The molecule has 0 heterocycles. The quantitative estimate of drug-likeness (QED) is 0.664. The van der Waals surface area contributed by atoms with Crippen molar-refractivity contribution in [2.75, 3.05) is 34.3 Å². The van der Waals surface area contributed by atoms with Gasteiger partial charge >= 0.3 is 0 Å². The van der Waals surface area contributed by atoms with Gasteiger partial charge in [-0.15, -0.1) is 0 Å². The molecule has 0 aliphatic carbocycles. The van der Waals surface area contributed by atoms with Gasteiger partial charge in [-0.25, -0.2) is 0 Å². The molecule has 5 nitrogen and oxygen atoms in total. The lowest BCUT2D eigenvalue weighted by Crippen LogP contribution is -2.38. The summed E-state index contributed by atoms with van der Waals surface area (Å²) in [6, 6.07) is 15.9. The number of hydrogen-bond donors (Lipinski definition) is 1. The van der Waals surface area contributed by atoms with E-state index in [1.807, 2.05) is 37.3 Å². The molecule has 0 atom stereocenters. The summed E-state index contributed by atoms with van der Waals surface area (Å²) in [4.78, 5) is -0.0666. The smallest absolute Gasteiger partial charge is 0.294 e. The zero-order chi connectivity index (χ0) is 18.2. The van der Waals surface area contributed by atoms with Gasteiger partial charge in [-0.2, -0.15) is 8.42 Å². The summed E-state index contributed by atoms with van der Waals surface area (Å²) in [5.74, 6) is 0.955. The Morgan fingerprint density at radius 3 is 1.96 bits per heavy atom. The summed E-state index contributed by atoms with van der Waals surface area (Å²) in [5, 5.41) is 0. The molecule has 0 aromatic heterocycles. The van der Waals surface area contributed by atoms with Crippen LogP contribution in [-0.2, 0) is 10.1 Å². The number of benzene rings is 2. The van der Waals surface area contributed by atoms with E-state index < -0.39 is 10.1 Å². The summed E-state index contributed by atoms with van der Waals surface area (Å²) in [5.41, 5.74) is 0.956. The van der Waals surface area contributed by atoms with E-state index in [1.165, 1.54) is 12.1 Å². The molecule has 6 heteroatoms. The highest BCUT2D eigenvalue weighted by Gasteiger charge is 2.07. The second-order valence-corrected chi connectivity index (χ2v) is 7.89. The molecule has 2 aromatic rings. The highest BCUT2D eigenvalue weighted by molar-refractivity contribution is 7.85. The minimum absolute atomic E-state index is 0.0666. The summed E-state index contributed by atoms with van der Waals surface area (Å²) in [6.45, 7) is 3.64. The maximum Gasteiger partial charge on any atom is 0.294 e. The number of para-hydroxylation sites is 1.